The molecular formula is C64H58N4O. The molecule has 0 saturated carbocycles. The van der Waals surface area contributed by atoms with E-state index in [1.165, 1.54) is 44.3 Å². The van der Waals surface area contributed by atoms with E-state index in [-0.39, 0.29) is 10.8 Å². The number of fused-ring (bicyclic) bond motifs is 4. The van der Waals surface area contributed by atoms with Gasteiger partial charge >= 0.3 is 0 Å². The molecule has 0 aliphatic carbocycles. The molecule has 0 spiro atoms. The van der Waals surface area contributed by atoms with Gasteiger partial charge in [0.15, 0.2) is 0 Å². The van der Waals surface area contributed by atoms with E-state index in [0.717, 1.165) is 62.0 Å². The molecule has 0 N–H and O–H groups in total. The summed E-state index contributed by atoms with van der Waals surface area (Å²) in [5.74, 6) is 2.75. The van der Waals surface area contributed by atoms with Crippen LogP contribution in [0.4, 0.5) is 22.7 Å². The molecule has 0 saturated heterocycles. The van der Waals surface area contributed by atoms with Crippen molar-refractivity contribution >= 4 is 44.6 Å². The summed E-state index contributed by atoms with van der Waals surface area (Å²) in [6, 6.07) is 72.5. The zero-order valence-electron chi connectivity index (χ0n) is 40.6. The van der Waals surface area contributed by atoms with Gasteiger partial charge in [0.2, 0.25) is 0 Å². The van der Waals surface area contributed by atoms with Gasteiger partial charge in [0.1, 0.15) is 24.0 Å². The topological polar surface area (TPSA) is 33.5 Å². The minimum Gasteiger partial charge on any atom is -0.457 e. The van der Waals surface area contributed by atoms with Crippen LogP contribution < -0.4 is 14.5 Å². The summed E-state index contributed by atoms with van der Waals surface area (Å²) >= 11 is 0. The van der Waals surface area contributed by atoms with Crippen LogP contribution in [-0.4, -0.2) is 16.2 Å². The smallest absolute Gasteiger partial charge is 0.137 e. The highest BCUT2D eigenvalue weighted by Gasteiger charge is 2.31. The maximum Gasteiger partial charge on any atom is 0.137 e. The summed E-state index contributed by atoms with van der Waals surface area (Å²) in [5.41, 5.74) is 16.2. The van der Waals surface area contributed by atoms with E-state index < -0.39 is 0 Å². The average Bonchev–Trinajstić information content (AvgIpc) is 3.93. The molecule has 5 heteroatoms. The van der Waals surface area contributed by atoms with Crippen molar-refractivity contribution in [3.63, 3.8) is 0 Å². The predicted octanol–water partition coefficient (Wildman–Crippen LogP) is 17.3. The second-order valence-corrected chi connectivity index (χ2v) is 20.4. The molecule has 0 radical (unpaired) electrons. The fourth-order valence-corrected chi connectivity index (χ4v) is 10.2. The number of benzene rings is 8. The Hall–Kier alpha value is -7.89. The number of ether oxygens (including phenoxy) is 1. The Morgan fingerprint density at radius 1 is 0.478 bits per heavy atom. The van der Waals surface area contributed by atoms with E-state index in [1.54, 1.807) is 0 Å². The Bertz CT molecular complexity index is 3510. The van der Waals surface area contributed by atoms with Gasteiger partial charge in [-0.1, -0.05) is 170 Å². The predicted molar refractivity (Wildman–Crippen MR) is 289 cm³/mol. The second kappa shape index (κ2) is 17.3. The summed E-state index contributed by atoms with van der Waals surface area (Å²) < 4.78 is 9.38. The van der Waals surface area contributed by atoms with Crippen LogP contribution in [-0.2, 0) is 10.8 Å². The number of rotatable bonds is 10. The van der Waals surface area contributed by atoms with E-state index >= 15 is 0 Å². The number of nitrogens with zero attached hydrogens (tertiary/aromatic N) is 4. The summed E-state index contributed by atoms with van der Waals surface area (Å²) in [6.07, 6.45) is 1.93. The van der Waals surface area contributed by atoms with Crippen LogP contribution in [0.25, 0.3) is 49.9 Å². The summed E-state index contributed by atoms with van der Waals surface area (Å²) in [4.78, 5) is 9.85. The molecule has 0 bridgehead atoms. The first-order valence-electron chi connectivity index (χ1n) is 24.2. The Labute approximate surface area is 406 Å². The maximum atomic E-state index is 7.10. The highest BCUT2D eigenvalue weighted by atomic mass is 16.5. The van der Waals surface area contributed by atoms with Gasteiger partial charge in [-0.3, -0.25) is 4.57 Å². The molecule has 10 aromatic rings. The zero-order chi connectivity index (χ0) is 47.4. The van der Waals surface area contributed by atoms with Crippen molar-refractivity contribution < 1.29 is 4.74 Å². The van der Waals surface area contributed by atoms with Crippen molar-refractivity contribution in [1.82, 2.24) is 9.55 Å². The molecule has 5 nitrogen and oxygen atoms in total. The number of hydrogen-bond acceptors (Lipinski definition) is 4. The van der Waals surface area contributed by atoms with Crippen molar-refractivity contribution in [2.24, 2.45) is 0 Å². The van der Waals surface area contributed by atoms with Crippen LogP contribution in [0.3, 0.4) is 0 Å². The molecule has 3 heterocycles. The number of para-hydroxylation sites is 3. The molecule has 0 fully saturated rings. The van der Waals surface area contributed by atoms with Gasteiger partial charge in [-0.25, -0.2) is 4.98 Å². The average molecular weight is 899 g/mol. The molecule has 0 atom stereocenters. The quantitative estimate of drug-likeness (QED) is 0.137. The molecule has 2 aromatic heterocycles. The number of aromatic nitrogens is 2. The van der Waals surface area contributed by atoms with Crippen molar-refractivity contribution in [1.29, 1.82) is 0 Å². The van der Waals surface area contributed by atoms with Gasteiger partial charge in [0, 0.05) is 45.9 Å². The van der Waals surface area contributed by atoms with Gasteiger partial charge in [0.25, 0.3) is 0 Å². The van der Waals surface area contributed by atoms with Crippen molar-refractivity contribution in [3.8, 4) is 39.6 Å². The molecule has 8 aromatic carbocycles. The third kappa shape index (κ3) is 8.12. The van der Waals surface area contributed by atoms with Gasteiger partial charge in [0.05, 0.1) is 22.4 Å². The molecule has 1 aliphatic heterocycles. The third-order valence-corrected chi connectivity index (χ3v) is 14.1. The highest BCUT2D eigenvalue weighted by Crippen LogP contribution is 2.48. The Morgan fingerprint density at radius 3 is 1.86 bits per heavy atom. The molecule has 0 unspecified atom stereocenters. The van der Waals surface area contributed by atoms with Crippen LogP contribution in [0.5, 0.6) is 11.5 Å². The van der Waals surface area contributed by atoms with Gasteiger partial charge in [-0.2, -0.15) is 0 Å². The number of hydrogen-bond donors (Lipinski definition) is 0. The van der Waals surface area contributed by atoms with Crippen LogP contribution in [0.2, 0.25) is 0 Å². The first-order valence-corrected chi connectivity index (χ1v) is 24.2. The first kappa shape index (κ1) is 43.7. The van der Waals surface area contributed by atoms with Crippen molar-refractivity contribution in [2.75, 3.05) is 16.5 Å². The Morgan fingerprint density at radius 2 is 1.12 bits per heavy atom. The molecule has 69 heavy (non-hydrogen) atoms. The molecular weight excluding hydrogens is 841 g/mol. The first-order chi connectivity index (χ1) is 33.4. The second-order valence-electron chi connectivity index (χ2n) is 20.4. The van der Waals surface area contributed by atoms with Crippen LogP contribution >= 0.6 is 0 Å². The van der Waals surface area contributed by atoms with Crippen LogP contribution in [0.15, 0.2) is 206 Å². The van der Waals surface area contributed by atoms with E-state index in [1.807, 2.05) is 6.20 Å². The fraction of sp³-hybridized carbons (Fsp3) is 0.172. The largest absolute Gasteiger partial charge is 0.457 e. The highest BCUT2D eigenvalue weighted by molar-refractivity contribution is 6.09. The van der Waals surface area contributed by atoms with Crippen LogP contribution in [0.1, 0.15) is 76.6 Å². The third-order valence-electron chi connectivity index (χ3n) is 14.1. The lowest BCUT2D eigenvalue weighted by atomic mass is 9.77. The minimum absolute atomic E-state index is 0.0249. The normalized spacial score (nSPS) is 12.9. The van der Waals surface area contributed by atoms with Crippen molar-refractivity contribution in [3.05, 3.63) is 229 Å². The van der Waals surface area contributed by atoms with Gasteiger partial charge in [-0.15, -0.1) is 0 Å². The lowest BCUT2D eigenvalue weighted by Gasteiger charge is -2.29. The lowest BCUT2D eigenvalue weighted by Crippen LogP contribution is -2.25. The van der Waals surface area contributed by atoms with Crippen molar-refractivity contribution in [2.45, 2.75) is 65.2 Å². The zero-order valence-corrected chi connectivity index (χ0v) is 40.6. The van der Waals surface area contributed by atoms with E-state index in [9.17, 15) is 0 Å². The molecule has 11 rings (SSSR count). The van der Waals surface area contributed by atoms with E-state index in [4.69, 9.17) is 9.72 Å². The Kier molecular flexibility index (Phi) is 11.0. The minimum atomic E-state index is -0.242. The van der Waals surface area contributed by atoms with Gasteiger partial charge < -0.3 is 14.5 Å². The fourth-order valence-electron chi connectivity index (χ4n) is 10.2. The maximum absolute atomic E-state index is 7.10. The molecule has 1 aliphatic rings. The van der Waals surface area contributed by atoms with Gasteiger partial charge in [-0.05, 0) is 123 Å². The summed E-state index contributed by atoms with van der Waals surface area (Å²) in [7, 11) is 0. The summed E-state index contributed by atoms with van der Waals surface area (Å²) in [5, 5.41) is 2.33. The summed E-state index contributed by atoms with van der Waals surface area (Å²) in [6.45, 7) is 16.6. The lowest BCUT2D eigenvalue weighted by molar-refractivity contribution is 0.483. The van der Waals surface area contributed by atoms with Crippen LogP contribution in [0, 0.1) is 0 Å². The standard InChI is InChI=1S/C64H58N4O/c1-43(2)54-24-14-15-25-55(54)46-36-51(40-53(37-46)69-52-30-31-57-56-26-16-17-27-58(56)68(61(57)41-52)62-39-48(32-33-65-62)63(3,4)5)67-42-66(59-28-18-19-29-60(59)67)50-35-45(44-20-10-8-11-21-44)34-49(38-50)64(6,7)47-22-12-9-13-23-47/h8-41,43H,42H2,1-7H3. The number of pyridine rings is 1. The monoisotopic (exact) mass is 898 g/mol. The molecule has 340 valence electrons. The van der Waals surface area contributed by atoms with E-state index in [2.05, 4.69) is 263 Å². The van der Waals surface area contributed by atoms with E-state index in [0.29, 0.717) is 12.6 Å². The SMILES string of the molecule is CC(C)c1ccccc1-c1cc(Oc2ccc3c4ccccc4n(-c4cc(C(C)(C)C)ccn4)c3c2)cc(N2CN(c3cc(-c4ccccc4)cc(C(C)(C)c4ccccc4)c3)c3ccccc32)c1. The molecule has 0 amide bonds. The number of anilines is 4. The Balaban J connectivity index is 1.04.